The third-order valence-corrected chi connectivity index (χ3v) is 2.78. The Hall–Kier alpha value is -1.15. The Bertz CT molecular complexity index is 422. The topological polar surface area (TPSA) is 0 Å². The first-order valence-electron chi connectivity index (χ1n) is 4.72. The van der Waals surface area contributed by atoms with Gasteiger partial charge in [-0.05, 0) is 23.3 Å². The molecule has 0 unspecified atom stereocenters. The molecule has 15 heavy (non-hydrogen) atoms. The van der Waals surface area contributed by atoms with Crippen molar-refractivity contribution in [2.24, 2.45) is 0 Å². The number of hydrogen-bond acceptors (Lipinski definition) is 0. The molecule has 0 spiro atoms. The summed E-state index contributed by atoms with van der Waals surface area (Å²) in [6.07, 6.45) is -1.04. The number of halogens is 2. The molecule has 0 bridgehead atoms. The first-order chi connectivity index (χ1) is 7.27. The lowest BCUT2D eigenvalue weighted by atomic mass is 10.0. The number of rotatable bonds is 2. The Balaban J connectivity index is 2.29. The molecular weight excluding hydrogens is 255 g/mol. The fraction of sp³-hybridized carbons (Fsp3) is 0.0769. The van der Waals surface area contributed by atoms with Crippen LogP contribution in [0.1, 0.15) is 17.3 Å². The minimum atomic E-state index is -1.04. The van der Waals surface area contributed by atoms with Crippen molar-refractivity contribution < 1.29 is 4.39 Å². The van der Waals surface area contributed by atoms with Crippen LogP contribution in [0, 0.1) is 0 Å². The molecule has 0 amide bonds. The highest BCUT2D eigenvalue weighted by atomic mass is 79.9. The van der Waals surface area contributed by atoms with Gasteiger partial charge in [-0.3, -0.25) is 0 Å². The standard InChI is InChI=1S/C13H10BrF/c14-12-8-6-11(7-9-12)13(15)10-4-2-1-3-5-10/h1-9,13H/t13-/m0/s1. The van der Waals surface area contributed by atoms with Crippen LogP contribution in [-0.2, 0) is 0 Å². The zero-order chi connectivity index (χ0) is 10.7. The maximum Gasteiger partial charge on any atom is 0.150 e. The van der Waals surface area contributed by atoms with Crippen molar-refractivity contribution in [3.05, 3.63) is 70.2 Å². The van der Waals surface area contributed by atoms with Gasteiger partial charge in [0.2, 0.25) is 0 Å². The minimum Gasteiger partial charge on any atom is -0.237 e. The molecule has 2 rings (SSSR count). The summed E-state index contributed by atoms with van der Waals surface area (Å²) >= 11 is 3.33. The van der Waals surface area contributed by atoms with E-state index < -0.39 is 6.17 Å². The van der Waals surface area contributed by atoms with Crippen molar-refractivity contribution in [2.45, 2.75) is 6.17 Å². The number of alkyl halides is 1. The van der Waals surface area contributed by atoms with Crippen LogP contribution in [0.3, 0.4) is 0 Å². The average Bonchev–Trinajstić information content (AvgIpc) is 2.30. The normalized spacial score (nSPS) is 12.4. The van der Waals surface area contributed by atoms with Crippen LogP contribution in [0.25, 0.3) is 0 Å². The lowest BCUT2D eigenvalue weighted by molar-refractivity contribution is 0.402. The molecule has 2 aromatic rings. The summed E-state index contributed by atoms with van der Waals surface area (Å²) in [5.41, 5.74) is 1.38. The zero-order valence-corrected chi connectivity index (χ0v) is 9.62. The summed E-state index contributed by atoms with van der Waals surface area (Å²) in [4.78, 5) is 0. The van der Waals surface area contributed by atoms with Crippen LogP contribution >= 0.6 is 15.9 Å². The maximum absolute atomic E-state index is 14.0. The molecule has 0 aliphatic rings. The Morgan fingerprint density at radius 3 is 1.93 bits per heavy atom. The van der Waals surface area contributed by atoms with Crippen molar-refractivity contribution in [3.8, 4) is 0 Å². The molecule has 0 heterocycles. The molecule has 0 N–H and O–H groups in total. The molecule has 0 aliphatic carbocycles. The van der Waals surface area contributed by atoms with Gasteiger partial charge in [0.25, 0.3) is 0 Å². The maximum atomic E-state index is 14.0. The SMILES string of the molecule is F[C@@H](c1ccccc1)c1ccc(Br)cc1. The highest BCUT2D eigenvalue weighted by Crippen LogP contribution is 2.26. The highest BCUT2D eigenvalue weighted by molar-refractivity contribution is 9.10. The second kappa shape index (κ2) is 4.58. The van der Waals surface area contributed by atoms with Crippen LogP contribution < -0.4 is 0 Å². The monoisotopic (exact) mass is 264 g/mol. The molecule has 76 valence electrons. The van der Waals surface area contributed by atoms with E-state index in [-0.39, 0.29) is 0 Å². The largest absolute Gasteiger partial charge is 0.237 e. The highest BCUT2D eigenvalue weighted by Gasteiger charge is 2.11. The summed E-state index contributed by atoms with van der Waals surface area (Å²) in [5, 5.41) is 0. The second-order valence-corrected chi connectivity index (χ2v) is 4.24. The van der Waals surface area contributed by atoms with Gasteiger partial charge in [0.1, 0.15) is 0 Å². The fourth-order valence-corrected chi connectivity index (χ4v) is 1.71. The van der Waals surface area contributed by atoms with E-state index in [1.165, 1.54) is 0 Å². The van der Waals surface area contributed by atoms with Gasteiger partial charge in [0.15, 0.2) is 6.17 Å². The van der Waals surface area contributed by atoms with Crippen molar-refractivity contribution in [2.75, 3.05) is 0 Å². The van der Waals surface area contributed by atoms with E-state index in [9.17, 15) is 4.39 Å². The van der Waals surface area contributed by atoms with Crippen molar-refractivity contribution in [1.29, 1.82) is 0 Å². The summed E-state index contributed by atoms with van der Waals surface area (Å²) < 4.78 is 14.9. The van der Waals surface area contributed by atoms with E-state index in [1.54, 1.807) is 24.3 Å². The summed E-state index contributed by atoms with van der Waals surface area (Å²) in [6, 6.07) is 16.5. The van der Waals surface area contributed by atoms with Crippen molar-refractivity contribution >= 4 is 15.9 Å². The lowest BCUT2D eigenvalue weighted by Gasteiger charge is -2.08. The molecule has 0 aromatic heterocycles. The third kappa shape index (κ3) is 2.45. The molecule has 1 atom stereocenters. The molecule has 0 radical (unpaired) electrons. The molecular formula is C13H10BrF. The van der Waals surface area contributed by atoms with Crippen LogP contribution in [0.2, 0.25) is 0 Å². The van der Waals surface area contributed by atoms with E-state index in [2.05, 4.69) is 15.9 Å². The molecule has 0 saturated carbocycles. The van der Waals surface area contributed by atoms with Crippen LogP contribution in [0.15, 0.2) is 59.1 Å². The Labute approximate surface area is 96.9 Å². The smallest absolute Gasteiger partial charge is 0.150 e. The molecule has 0 fully saturated rings. The van der Waals surface area contributed by atoms with E-state index in [0.29, 0.717) is 11.1 Å². The summed E-state index contributed by atoms with van der Waals surface area (Å²) in [6.45, 7) is 0. The minimum absolute atomic E-state index is 0.685. The van der Waals surface area contributed by atoms with Gasteiger partial charge >= 0.3 is 0 Å². The number of benzene rings is 2. The summed E-state index contributed by atoms with van der Waals surface area (Å²) in [5.74, 6) is 0. The quantitative estimate of drug-likeness (QED) is 0.749. The van der Waals surface area contributed by atoms with E-state index in [4.69, 9.17) is 0 Å². The van der Waals surface area contributed by atoms with Crippen molar-refractivity contribution in [1.82, 2.24) is 0 Å². The predicted octanol–water partition coefficient (Wildman–Crippen LogP) is 4.51. The molecule has 0 aliphatic heterocycles. The predicted molar refractivity (Wildman–Crippen MR) is 63.5 cm³/mol. The van der Waals surface area contributed by atoms with Crippen LogP contribution in [-0.4, -0.2) is 0 Å². The molecule has 0 saturated heterocycles. The average molecular weight is 265 g/mol. The first kappa shape index (κ1) is 10.4. The number of hydrogen-bond donors (Lipinski definition) is 0. The van der Waals surface area contributed by atoms with Gasteiger partial charge in [-0.25, -0.2) is 4.39 Å². The second-order valence-electron chi connectivity index (χ2n) is 3.32. The van der Waals surface area contributed by atoms with Gasteiger partial charge in [0.05, 0.1) is 0 Å². The molecule has 2 aromatic carbocycles. The molecule has 2 heteroatoms. The van der Waals surface area contributed by atoms with Crippen LogP contribution in [0.5, 0.6) is 0 Å². The van der Waals surface area contributed by atoms with Gasteiger partial charge in [-0.15, -0.1) is 0 Å². The lowest BCUT2D eigenvalue weighted by Crippen LogP contribution is -1.93. The zero-order valence-electron chi connectivity index (χ0n) is 8.03. The Morgan fingerprint density at radius 2 is 1.33 bits per heavy atom. The van der Waals surface area contributed by atoms with E-state index in [0.717, 1.165) is 4.47 Å². The fourth-order valence-electron chi connectivity index (χ4n) is 1.45. The first-order valence-corrected chi connectivity index (χ1v) is 5.51. The Morgan fingerprint density at radius 1 is 0.800 bits per heavy atom. The van der Waals surface area contributed by atoms with Gasteiger partial charge in [-0.2, -0.15) is 0 Å². The van der Waals surface area contributed by atoms with Crippen LogP contribution in [0.4, 0.5) is 4.39 Å². The van der Waals surface area contributed by atoms with Crippen molar-refractivity contribution in [3.63, 3.8) is 0 Å². The molecule has 0 nitrogen and oxygen atoms in total. The van der Waals surface area contributed by atoms with Gasteiger partial charge < -0.3 is 0 Å². The van der Waals surface area contributed by atoms with E-state index in [1.807, 2.05) is 30.3 Å². The van der Waals surface area contributed by atoms with Gasteiger partial charge in [-0.1, -0.05) is 58.4 Å². The van der Waals surface area contributed by atoms with E-state index >= 15 is 0 Å². The van der Waals surface area contributed by atoms with Gasteiger partial charge in [0, 0.05) is 4.47 Å². The third-order valence-electron chi connectivity index (χ3n) is 2.25. The Kier molecular flexibility index (Phi) is 3.17. The summed E-state index contributed by atoms with van der Waals surface area (Å²) in [7, 11) is 0.